The van der Waals surface area contributed by atoms with Crippen LogP contribution >= 0.6 is 11.6 Å². The summed E-state index contributed by atoms with van der Waals surface area (Å²) in [7, 11) is 1.60. The topological polar surface area (TPSA) is 119 Å². The molecule has 0 unspecified atom stereocenters. The summed E-state index contributed by atoms with van der Waals surface area (Å²) in [5, 5.41) is 22.4. The van der Waals surface area contributed by atoms with E-state index in [0.29, 0.717) is 25.0 Å². The number of amides is 1. The van der Waals surface area contributed by atoms with Crippen LogP contribution in [0.15, 0.2) is 30.3 Å². The number of carbonyl (C=O) groups excluding carboxylic acids is 1. The van der Waals surface area contributed by atoms with E-state index in [2.05, 4.69) is 6.92 Å². The summed E-state index contributed by atoms with van der Waals surface area (Å²) >= 11 is 5.76. The first-order chi connectivity index (χ1) is 19.5. The lowest BCUT2D eigenvalue weighted by molar-refractivity contribution is -0.393. The number of nitrogens with zero attached hydrogens (tertiary/aromatic N) is 4. The maximum absolute atomic E-state index is 12.8. The molecule has 14 heteroatoms. The molecule has 0 spiro atoms. The molecule has 2 aromatic rings. The van der Waals surface area contributed by atoms with E-state index in [4.69, 9.17) is 16.3 Å². The number of para-hydroxylation sites is 1. The average molecular weight is 619 g/mol. The number of benzene rings is 2. The minimum atomic E-state index is -4.91. The summed E-state index contributed by atoms with van der Waals surface area (Å²) in [5.41, 5.74) is -1.28. The molecule has 0 aromatic heterocycles. The quantitative estimate of drug-likeness (QED) is 0.104. The van der Waals surface area contributed by atoms with E-state index in [9.17, 15) is 38.2 Å². The molecule has 0 aliphatic carbocycles. The highest BCUT2D eigenvalue weighted by Crippen LogP contribution is 2.43. The minimum absolute atomic E-state index is 0.0652. The van der Waals surface area contributed by atoms with E-state index in [0.717, 1.165) is 23.2 Å². The Morgan fingerprint density at radius 2 is 1.48 bits per heavy atom. The second-order valence-corrected chi connectivity index (χ2v) is 10.1. The highest BCUT2D eigenvalue weighted by molar-refractivity contribution is 6.29. The minimum Gasteiger partial charge on any atom is -0.360 e. The molecule has 2 rings (SSSR count). The van der Waals surface area contributed by atoms with Gasteiger partial charge in [0, 0.05) is 32.3 Å². The van der Waals surface area contributed by atoms with Crippen LogP contribution in [0.2, 0.25) is 0 Å². The van der Waals surface area contributed by atoms with Crippen molar-refractivity contribution in [3.05, 3.63) is 67.3 Å². The van der Waals surface area contributed by atoms with Gasteiger partial charge in [-0.3, -0.25) is 29.9 Å². The SMILES string of the molecule is CCCN(CCC)c1c([N+](=O)[O-])cc(C(F)(F)F)cc1[N+](=O)[O-].CCc1cccc(C)c1N(C(=O)CCl)C(C)(C)OC. The first-order valence-electron chi connectivity index (χ1n) is 13.3. The summed E-state index contributed by atoms with van der Waals surface area (Å²) in [5.74, 6) is -0.220. The van der Waals surface area contributed by atoms with Crippen molar-refractivity contribution < 1.29 is 32.5 Å². The number of nitro groups is 2. The van der Waals surface area contributed by atoms with Crippen LogP contribution in [0, 0.1) is 27.2 Å². The van der Waals surface area contributed by atoms with Crippen LogP contribution in [0.3, 0.4) is 0 Å². The molecule has 1 amide bonds. The van der Waals surface area contributed by atoms with Gasteiger partial charge in [-0.1, -0.05) is 39.0 Å². The number of nitro benzene ring substituents is 2. The van der Waals surface area contributed by atoms with Gasteiger partial charge in [0.25, 0.3) is 11.4 Å². The van der Waals surface area contributed by atoms with E-state index >= 15 is 0 Å². The van der Waals surface area contributed by atoms with Gasteiger partial charge in [0.2, 0.25) is 5.91 Å². The zero-order chi connectivity index (χ0) is 32.4. The van der Waals surface area contributed by atoms with Gasteiger partial charge in [0.05, 0.1) is 21.1 Å². The van der Waals surface area contributed by atoms with Crippen molar-refractivity contribution >= 4 is 40.3 Å². The second-order valence-electron chi connectivity index (χ2n) is 9.81. The number of hydrogen-bond acceptors (Lipinski definition) is 7. The molecule has 42 heavy (non-hydrogen) atoms. The number of alkyl halides is 4. The molecule has 0 radical (unpaired) electrons. The smallest absolute Gasteiger partial charge is 0.360 e. The Labute approximate surface area is 248 Å². The van der Waals surface area contributed by atoms with E-state index in [1.165, 1.54) is 4.90 Å². The van der Waals surface area contributed by atoms with Crippen molar-refractivity contribution in [2.75, 3.05) is 35.9 Å². The first kappa shape index (κ1) is 36.6. The molecule has 0 atom stereocenters. The molecule has 0 saturated carbocycles. The Bertz CT molecular complexity index is 1220. The molecule has 0 aliphatic heterocycles. The number of rotatable bonds is 12. The maximum atomic E-state index is 12.8. The molecule has 10 nitrogen and oxygen atoms in total. The standard InChI is InChI=1S/C15H22ClNO2.C13H16F3N3O4/c1-6-12-9-7-8-11(2)14(12)17(13(18)10-16)15(3,4)19-5;1-3-5-17(6-4-2)12-10(18(20)21)7-9(13(14,15)16)8-11(12)19(22)23/h7-9H,6,10H2,1-5H3;7-8H,3-6H2,1-2H3. The molecular formula is C28H38ClF3N4O6. The maximum Gasteiger partial charge on any atom is 0.416 e. The van der Waals surface area contributed by atoms with Crippen LogP contribution in [0.1, 0.15) is 64.2 Å². The molecule has 234 valence electrons. The van der Waals surface area contributed by atoms with Gasteiger partial charge in [0.15, 0.2) is 5.69 Å². The van der Waals surface area contributed by atoms with Gasteiger partial charge in [-0.05, 0) is 51.2 Å². The van der Waals surface area contributed by atoms with Crippen LogP contribution in [0.5, 0.6) is 0 Å². The number of aryl methyl sites for hydroxylation is 2. The lowest BCUT2D eigenvalue weighted by Crippen LogP contribution is -2.50. The summed E-state index contributed by atoms with van der Waals surface area (Å²) < 4.78 is 44.0. The molecule has 0 aliphatic rings. The van der Waals surface area contributed by atoms with E-state index in [1.54, 1.807) is 25.9 Å². The monoisotopic (exact) mass is 618 g/mol. The Morgan fingerprint density at radius 1 is 0.976 bits per heavy atom. The van der Waals surface area contributed by atoms with Crippen LogP contribution < -0.4 is 9.80 Å². The number of anilines is 2. The van der Waals surface area contributed by atoms with Crippen molar-refractivity contribution in [1.29, 1.82) is 0 Å². The van der Waals surface area contributed by atoms with E-state index in [1.807, 2.05) is 39.0 Å². The second kappa shape index (κ2) is 15.7. The van der Waals surface area contributed by atoms with Crippen LogP contribution in [-0.4, -0.2) is 47.6 Å². The first-order valence-corrected chi connectivity index (χ1v) is 13.9. The highest BCUT2D eigenvalue weighted by atomic mass is 35.5. The Hall–Kier alpha value is -3.45. The summed E-state index contributed by atoms with van der Waals surface area (Å²) in [6.07, 6.45) is -2.98. The normalized spacial score (nSPS) is 11.4. The van der Waals surface area contributed by atoms with Gasteiger partial charge in [-0.15, -0.1) is 11.6 Å². The summed E-state index contributed by atoms with van der Waals surface area (Å²) in [6.45, 7) is 11.9. The van der Waals surface area contributed by atoms with E-state index in [-0.39, 0.29) is 30.6 Å². The Morgan fingerprint density at radius 3 is 1.83 bits per heavy atom. The van der Waals surface area contributed by atoms with Crippen molar-refractivity contribution in [2.45, 2.75) is 72.7 Å². The lowest BCUT2D eigenvalue weighted by atomic mass is 10.0. The third kappa shape index (κ3) is 9.02. The average Bonchev–Trinajstić information content (AvgIpc) is 2.92. The molecule has 0 N–H and O–H groups in total. The third-order valence-electron chi connectivity index (χ3n) is 6.42. The van der Waals surface area contributed by atoms with Gasteiger partial charge in [-0.25, -0.2) is 0 Å². The fourth-order valence-electron chi connectivity index (χ4n) is 4.42. The summed E-state index contributed by atoms with van der Waals surface area (Å²) in [6, 6.07) is 6.72. The predicted octanol–water partition coefficient (Wildman–Crippen LogP) is 7.66. The summed E-state index contributed by atoms with van der Waals surface area (Å²) in [4.78, 5) is 35.6. The Kier molecular flexibility index (Phi) is 13.7. The molecule has 0 saturated heterocycles. The number of hydrogen-bond donors (Lipinski definition) is 0. The van der Waals surface area contributed by atoms with Gasteiger partial charge in [-0.2, -0.15) is 13.2 Å². The lowest BCUT2D eigenvalue weighted by Gasteiger charge is -2.39. The largest absolute Gasteiger partial charge is 0.416 e. The highest BCUT2D eigenvalue weighted by Gasteiger charge is 2.39. The van der Waals surface area contributed by atoms with Crippen molar-refractivity contribution in [3.63, 3.8) is 0 Å². The van der Waals surface area contributed by atoms with Crippen molar-refractivity contribution in [1.82, 2.24) is 0 Å². The Balaban J connectivity index is 0.000000428. The number of ether oxygens (including phenoxy) is 1. The fraction of sp³-hybridized carbons (Fsp3) is 0.536. The van der Waals surface area contributed by atoms with Crippen molar-refractivity contribution in [3.8, 4) is 0 Å². The number of halogens is 4. The molecular weight excluding hydrogens is 581 g/mol. The molecule has 2 aromatic carbocycles. The predicted molar refractivity (Wildman–Crippen MR) is 157 cm³/mol. The zero-order valence-electron chi connectivity index (χ0n) is 24.9. The molecule has 0 bridgehead atoms. The van der Waals surface area contributed by atoms with Crippen LogP contribution in [0.25, 0.3) is 0 Å². The third-order valence-corrected chi connectivity index (χ3v) is 6.65. The zero-order valence-corrected chi connectivity index (χ0v) is 25.6. The van der Waals surface area contributed by atoms with Gasteiger partial charge in [0.1, 0.15) is 11.6 Å². The van der Waals surface area contributed by atoms with Crippen molar-refractivity contribution in [2.24, 2.45) is 0 Å². The fourth-order valence-corrected chi connectivity index (χ4v) is 4.54. The van der Waals surface area contributed by atoms with Crippen LogP contribution in [-0.2, 0) is 22.1 Å². The number of carbonyl (C=O) groups is 1. The molecule has 0 heterocycles. The van der Waals surface area contributed by atoms with Gasteiger partial charge < -0.3 is 9.64 Å². The van der Waals surface area contributed by atoms with Crippen LogP contribution in [0.4, 0.5) is 35.9 Å². The number of methoxy groups -OCH3 is 1. The van der Waals surface area contributed by atoms with E-state index < -0.39 is 38.7 Å². The van der Waals surface area contributed by atoms with Gasteiger partial charge >= 0.3 is 6.18 Å². The molecule has 0 fully saturated rings.